The van der Waals surface area contributed by atoms with Crippen LogP contribution in [-0.4, -0.2) is 48.5 Å². The van der Waals surface area contributed by atoms with Gasteiger partial charge in [-0.3, -0.25) is 0 Å². The quantitative estimate of drug-likeness (QED) is 0.714. The van der Waals surface area contributed by atoms with E-state index < -0.39 is 0 Å². The van der Waals surface area contributed by atoms with Gasteiger partial charge in [0.1, 0.15) is 5.75 Å². The number of aromatic nitrogens is 3. The van der Waals surface area contributed by atoms with Crippen LogP contribution >= 0.6 is 0 Å². The molecule has 0 bridgehead atoms. The van der Waals surface area contributed by atoms with Crippen molar-refractivity contribution < 1.29 is 4.74 Å². The van der Waals surface area contributed by atoms with Gasteiger partial charge in [-0.15, -0.1) is 5.10 Å². The fraction of sp³-hybridized carbons (Fsp3) is 0.318. The van der Waals surface area contributed by atoms with Crippen LogP contribution < -0.4 is 19.9 Å². The summed E-state index contributed by atoms with van der Waals surface area (Å²) in [6.07, 6.45) is 1.63. The third-order valence-electron chi connectivity index (χ3n) is 5.37. The zero-order valence-corrected chi connectivity index (χ0v) is 17.1. The largest absolute Gasteiger partial charge is 0.497 e. The SMILES string of the molecule is COc1cccc(Nc2cnnc(N3CCN(c4cccc(C)c4C)CC3)n2)c1. The van der Waals surface area contributed by atoms with Gasteiger partial charge in [-0.25, -0.2) is 0 Å². The Bertz CT molecular complexity index is 985. The Hall–Kier alpha value is -3.35. The van der Waals surface area contributed by atoms with Crippen molar-refractivity contribution in [3.63, 3.8) is 0 Å². The minimum Gasteiger partial charge on any atom is -0.497 e. The molecule has 7 nitrogen and oxygen atoms in total. The van der Waals surface area contributed by atoms with E-state index in [1.165, 1.54) is 16.8 Å². The van der Waals surface area contributed by atoms with Crippen LogP contribution in [-0.2, 0) is 0 Å². The lowest BCUT2D eigenvalue weighted by Crippen LogP contribution is -2.47. The Balaban J connectivity index is 1.43. The van der Waals surface area contributed by atoms with Crippen LogP contribution in [0.25, 0.3) is 0 Å². The van der Waals surface area contributed by atoms with Crippen LogP contribution in [0.15, 0.2) is 48.7 Å². The van der Waals surface area contributed by atoms with Crippen molar-refractivity contribution in [3.05, 3.63) is 59.8 Å². The van der Waals surface area contributed by atoms with E-state index in [1.54, 1.807) is 13.3 Å². The highest BCUT2D eigenvalue weighted by Crippen LogP contribution is 2.25. The summed E-state index contributed by atoms with van der Waals surface area (Å²) < 4.78 is 5.27. The maximum Gasteiger partial charge on any atom is 0.247 e. The summed E-state index contributed by atoms with van der Waals surface area (Å²) in [5.41, 5.74) is 4.89. The Morgan fingerprint density at radius 1 is 0.966 bits per heavy atom. The molecule has 0 unspecified atom stereocenters. The summed E-state index contributed by atoms with van der Waals surface area (Å²) in [4.78, 5) is 9.28. The second kappa shape index (κ2) is 8.34. The van der Waals surface area contributed by atoms with Crippen LogP contribution in [0.5, 0.6) is 5.75 Å². The minimum atomic E-state index is 0.651. The molecule has 7 heteroatoms. The molecule has 2 aromatic carbocycles. The molecule has 0 saturated carbocycles. The van der Waals surface area contributed by atoms with Crippen LogP contribution in [0.4, 0.5) is 23.1 Å². The predicted molar refractivity (Wildman–Crippen MR) is 116 cm³/mol. The van der Waals surface area contributed by atoms with Gasteiger partial charge in [0.05, 0.1) is 13.3 Å². The maximum atomic E-state index is 5.27. The number of anilines is 4. The second-order valence-corrected chi connectivity index (χ2v) is 7.19. The summed E-state index contributed by atoms with van der Waals surface area (Å²) in [7, 11) is 1.65. The molecule has 1 saturated heterocycles. The molecule has 0 aliphatic carbocycles. The van der Waals surface area contributed by atoms with Gasteiger partial charge in [-0.1, -0.05) is 18.2 Å². The number of hydrogen-bond donors (Lipinski definition) is 1. The molecular weight excluding hydrogens is 364 g/mol. The molecule has 4 rings (SSSR count). The summed E-state index contributed by atoms with van der Waals surface area (Å²) in [5, 5.41) is 11.7. The molecule has 1 N–H and O–H groups in total. The van der Waals surface area contributed by atoms with Crippen LogP contribution in [0.2, 0.25) is 0 Å². The van der Waals surface area contributed by atoms with E-state index in [0.717, 1.165) is 37.6 Å². The first-order valence-electron chi connectivity index (χ1n) is 9.81. The normalized spacial score (nSPS) is 14.0. The Morgan fingerprint density at radius 2 is 1.72 bits per heavy atom. The number of benzene rings is 2. The fourth-order valence-corrected chi connectivity index (χ4v) is 3.56. The van der Waals surface area contributed by atoms with Gasteiger partial charge < -0.3 is 19.9 Å². The average Bonchev–Trinajstić information content (AvgIpc) is 2.76. The first kappa shape index (κ1) is 19.0. The molecule has 3 aromatic rings. The molecule has 1 aliphatic heterocycles. The molecule has 0 amide bonds. The standard InChI is InChI=1S/C22H26N6O/c1-16-6-4-9-20(17(16)2)27-10-12-28(13-11-27)22-25-21(15-23-26-22)24-18-7-5-8-19(14-18)29-3/h4-9,14-15H,10-13H2,1-3H3,(H,24,25,26). The number of nitrogens with zero attached hydrogens (tertiary/aromatic N) is 5. The topological polar surface area (TPSA) is 66.4 Å². The molecule has 150 valence electrons. The number of methoxy groups -OCH3 is 1. The van der Waals surface area contributed by atoms with Crippen molar-refractivity contribution >= 4 is 23.1 Å². The van der Waals surface area contributed by atoms with E-state index in [4.69, 9.17) is 4.74 Å². The number of piperazine rings is 1. The Labute approximate surface area is 171 Å². The van der Waals surface area contributed by atoms with Gasteiger partial charge in [0.15, 0.2) is 5.82 Å². The third kappa shape index (κ3) is 4.23. The highest BCUT2D eigenvalue weighted by atomic mass is 16.5. The zero-order chi connectivity index (χ0) is 20.2. The molecule has 0 radical (unpaired) electrons. The van der Waals surface area contributed by atoms with E-state index >= 15 is 0 Å². The lowest BCUT2D eigenvalue weighted by Gasteiger charge is -2.36. The molecule has 1 fully saturated rings. The lowest BCUT2D eigenvalue weighted by atomic mass is 10.1. The van der Waals surface area contributed by atoms with Crippen molar-refractivity contribution in [2.75, 3.05) is 48.4 Å². The summed E-state index contributed by atoms with van der Waals surface area (Å²) in [6, 6.07) is 14.2. The molecular formula is C22H26N6O. The highest BCUT2D eigenvalue weighted by Gasteiger charge is 2.21. The van der Waals surface area contributed by atoms with E-state index in [2.05, 4.69) is 62.3 Å². The van der Waals surface area contributed by atoms with E-state index in [0.29, 0.717) is 11.8 Å². The molecule has 0 spiro atoms. The van der Waals surface area contributed by atoms with Gasteiger partial charge in [0.2, 0.25) is 5.95 Å². The zero-order valence-electron chi connectivity index (χ0n) is 17.1. The van der Waals surface area contributed by atoms with Crippen molar-refractivity contribution in [2.24, 2.45) is 0 Å². The summed E-state index contributed by atoms with van der Waals surface area (Å²) >= 11 is 0. The number of rotatable bonds is 5. The predicted octanol–water partition coefficient (Wildman–Crippen LogP) is 3.57. The average molecular weight is 390 g/mol. The van der Waals surface area contributed by atoms with E-state index in [9.17, 15) is 0 Å². The summed E-state index contributed by atoms with van der Waals surface area (Å²) in [5.74, 6) is 2.11. The van der Waals surface area contributed by atoms with Gasteiger partial charge in [-0.05, 0) is 43.2 Å². The Morgan fingerprint density at radius 3 is 2.52 bits per heavy atom. The number of hydrogen-bond acceptors (Lipinski definition) is 7. The van der Waals surface area contributed by atoms with E-state index in [-0.39, 0.29) is 0 Å². The van der Waals surface area contributed by atoms with Crippen molar-refractivity contribution in [1.82, 2.24) is 15.2 Å². The van der Waals surface area contributed by atoms with Crippen molar-refractivity contribution in [3.8, 4) is 5.75 Å². The fourth-order valence-electron chi connectivity index (χ4n) is 3.56. The van der Waals surface area contributed by atoms with Crippen LogP contribution in [0, 0.1) is 13.8 Å². The molecule has 0 atom stereocenters. The monoisotopic (exact) mass is 390 g/mol. The van der Waals surface area contributed by atoms with Crippen LogP contribution in [0.1, 0.15) is 11.1 Å². The van der Waals surface area contributed by atoms with Gasteiger partial charge >= 0.3 is 0 Å². The first-order valence-corrected chi connectivity index (χ1v) is 9.81. The highest BCUT2D eigenvalue weighted by molar-refractivity contribution is 5.59. The smallest absolute Gasteiger partial charge is 0.247 e. The Kier molecular flexibility index (Phi) is 5.46. The molecule has 29 heavy (non-hydrogen) atoms. The third-order valence-corrected chi connectivity index (χ3v) is 5.37. The maximum absolute atomic E-state index is 5.27. The first-order chi connectivity index (χ1) is 14.1. The number of aryl methyl sites for hydroxylation is 1. The second-order valence-electron chi connectivity index (χ2n) is 7.19. The van der Waals surface area contributed by atoms with Gasteiger partial charge in [-0.2, -0.15) is 10.1 Å². The van der Waals surface area contributed by atoms with Crippen molar-refractivity contribution in [1.29, 1.82) is 0 Å². The summed E-state index contributed by atoms with van der Waals surface area (Å²) in [6.45, 7) is 7.94. The van der Waals surface area contributed by atoms with Gasteiger partial charge in [0.25, 0.3) is 0 Å². The lowest BCUT2D eigenvalue weighted by molar-refractivity contribution is 0.415. The van der Waals surface area contributed by atoms with Crippen molar-refractivity contribution in [2.45, 2.75) is 13.8 Å². The van der Waals surface area contributed by atoms with Gasteiger partial charge in [0, 0.05) is 43.6 Å². The minimum absolute atomic E-state index is 0.651. The van der Waals surface area contributed by atoms with Crippen LogP contribution in [0.3, 0.4) is 0 Å². The molecule has 1 aromatic heterocycles. The molecule has 1 aliphatic rings. The number of ether oxygens (including phenoxy) is 1. The number of nitrogens with one attached hydrogen (secondary N) is 1. The molecule has 2 heterocycles. The van der Waals surface area contributed by atoms with E-state index in [1.807, 2.05) is 24.3 Å².